The molecule has 8 heteroatoms. The van der Waals surface area contributed by atoms with Crippen molar-refractivity contribution in [2.24, 2.45) is 0 Å². The van der Waals surface area contributed by atoms with Crippen LogP contribution in [0.5, 0.6) is 0 Å². The Kier molecular flexibility index (Phi) is 8.90. The molecule has 0 aliphatic carbocycles. The second-order valence-electron chi connectivity index (χ2n) is 11.5. The summed E-state index contributed by atoms with van der Waals surface area (Å²) in [7, 11) is 2.82. The maximum atomic E-state index is 12.2. The van der Waals surface area contributed by atoms with Crippen molar-refractivity contribution in [3.05, 3.63) is 69.3 Å². The number of nitrogens with one attached hydrogen (secondary N) is 2. The van der Waals surface area contributed by atoms with Gasteiger partial charge in [0, 0.05) is 34.9 Å². The van der Waals surface area contributed by atoms with Gasteiger partial charge in [-0.1, -0.05) is 13.8 Å². The molecule has 44 heavy (non-hydrogen) atoms. The van der Waals surface area contributed by atoms with Gasteiger partial charge in [-0.05, 0) is 122 Å². The highest BCUT2D eigenvalue weighted by atomic mass is 16.5. The number of rotatable bonds is 8. The first kappa shape index (κ1) is 31.0. The Morgan fingerprint density at radius 3 is 1.59 bits per heavy atom. The summed E-state index contributed by atoms with van der Waals surface area (Å²) in [6.45, 7) is 12.8. The van der Waals surface area contributed by atoms with Gasteiger partial charge in [-0.3, -0.25) is 9.59 Å². The summed E-state index contributed by atoms with van der Waals surface area (Å²) in [6, 6.07) is 8.45. The van der Waals surface area contributed by atoms with Crippen LogP contribution < -0.4 is 0 Å². The molecule has 8 nitrogen and oxygen atoms in total. The number of ether oxygens (including phenoxy) is 2. The lowest BCUT2D eigenvalue weighted by atomic mass is 10.00. The Labute approximate surface area is 258 Å². The number of fused-ring (bicyclic) bond motifs is 8. The molecule has 2 N–H and O–H groups in total. The van der Waals surface area contributed by atoms with Crippen LogP contribution in [0.15, 0.2) is 24.3 Å². The van der Waals surface area contributed by atoms with Gasteiger partial charge in [0.15, 0.2) is 0 Å². The van der Waals surface area contributed by atoms with E-state index in [9.17, 15) is 9.59 Å². The molecule has 3 aromatic rings. The van der Waals surface area contributed by atoms with Crippen molar-refractivity contribution in [1.29, 1.82) is 0 Å². The maximum Gasteiger partial charge on any atom is 0.305 e. The van der Waals surface area contributed by atoms with E-state index in [1.807, 2.05) is 6.07 Å². The SMILES string of the molecule is CCC1=C(C)c2cc3[nH]c(cc4nc(cc5[nH]c(cc1n2)c(CC)c5C)C(C)=C4CCC(=O)OC)c(CCC(=O)OC)c3C. The smallest absolute Gasteiger partial charge is 0.305 e. The van der Waals surface area contributed by atoms with Crippen molar-refractivity contribution in [2.75, 3.05) is 14.2 Å². The molecule has 5 heterocycles. The second kappa shape index (κ2) is 12.6. The van der Waals surface area contributed by atoms with Crippen LogP contribution in [0.4, 0.5) is 0 Å². The highest BCUT2D eigenvalue weighted by Gasteiger charge is 2.21. The molecule has 5 rings (SSSR count). The fraction of sp³-hybridized carbons (Fsp3) is 0.389. The molecule has 0 amide bonds. The molecule has 2 aliphatic heterocycles. The molecule has 230 valence electrons. The van der Waals surface area contributed by atoms with Crippen LogP contribution in [0.25, 0.3) is 44.4 Å². The molecule has 0 unspecified atom stereocenters. The molecular formula is C36H42N4O4. The number of esters is 2. The lowest BCUT2D eigenvalue weighted by molar-refractivity contribution is -0.141. The lowest BCUT2D eigenvalue weighted by Crippen LogP contribution is -2.02. The van der Waals surface area contributed by atoms with Crippen LogP contribution in [-0.4, -0.2) is 46.1 Å². The zero-order valence-electron chi connectivity index (χ0n) is 27.1. The molecule has 0 spiro atoms. The van der Waals surface area contributed by atoms with E-state index in [-0.39, 0.29) is 24.8 Å². The minimum atomic E-state index is -0.261. The van der Waals surface area contributed by atoms with Gasteiger partial charge in [-0.15, -0.1) is 0 Å². The first-order chi connectivity index (χ1) is 21.1. The van der Waals surface area contributed by atoms with Gasteiger partial charge >= 0.3 is 11.9 Å². The summed E-state index contributed by atoms with van der Waals surface area (Å²) in [5.74, 6) is -0.519. The van der Waals surface area contributed by atoms with E-state index in [4.69, 9.17) is 19.4 Å². The Balaban J connectivity index is 1.89. The maximum absolute atomic E-state index is 12.2. The number of hydrogen-bond acceptors (Lipinski definition) is 6. The van der Waals surface area contributed by atoms with E-state index in [1.54, 1.807) is 0 Å². The standard InChI is InChI=1S/C36H42N4O4/c1-9-23-19(3)27-15-29-21(5)25(11-13-35(41)43-7)33(39-29)18-34-26(12-14-36(42)44-8)22(6)30(40-34)16-28-20(4)24(10-2)32(38-28)17-31(23)37-27/h15-18,37,40H,9-14H2,1-8H3. The molecule has 0 fully saturated rings. The average Bonchev–Trinajstić information content (AvgIpc) is 3.67. The van der Waals surface area contributed by atoms with Gasteiger partial charge in [-0.25, -0.2) is 9.97 Å². The number of aromatic nitrogens is 4. The van der Waals surface area contributed by atoms with Gasteiger partial charge in [0.2, 0.25) is 0 Å². The first-order valence-electron chi connectivity index (χ1n) is 15.4. The van der Waals surface area contributed by atoms with Crippen molar-refractivity contribution in [1.82, 2.24) is 19.9 Å². The lowest BCUT2D eigenvalue weighted by Gasteiger charge is -2.04. The molecule has 2 aliphatic rings. The molecule has 8 bridgehead atoms. The quantitative estimate of drug-likeness (QED) is 0.257. The van der Waals surface area contributed by atoms with E-state index in [1.165, 1.54) is 30.9 Å². The predicted octanol–water partition coefficient (Wildman–Crippen LogP) is 7.82. The molecule has 0 aromatic carbocycles. The third-order valence-electron chi connectivity index (χ3n) is 9.12. The first-order valence-corrected chi connectivity index (χ1v) is 15.4. The van der Waals surface area contributed by atoms with Crippen LogP contribution in [0.3, 0.4) is 0 Å². The molecule has 3 aromatic heterocycles. The van der Waals surface area contributed by atoms with Gasteiger partial charge < -0.3 is 19.4 Å². The number of methoxy groups -OCH3 is 2. The summed E-state index contributed by atoms with van der Waals surface area (Å²) in [5, 5.41) is 0. The van der Waals surface area contributed by atoms with Crippen LogP contribution in [-0.2, 0) is 31.9 Å². The highest BCUT2D eigenvalue weighted by molar-refractivity contribution is 5.95. The van der Waals surface area contributed by atoms with Crippen LogP contribution in [0, 0.1) is 13.8 Å². The molecular weight excluding hydrogens is 552 g/mol. The van der Waals surface area contributed by atoms with Crippen molar-refractivity contribution < 1.29 is 19.1 Å². The largest absolute Gasteiger partial charge is 0.469 e. The van der Waals surface area contributed by atoms with Crippen LogP contribution in [0.2, 0.25) is 0 Å². The molecule has 0 saturated carbocycles. The minimum Gasteiger partial charge on any atom is -0.469 e. The minimum absolute atomic E-state index is 0.256. The second-order valence-corrected chi connectivity index (χ2v) is 11.5. The number of aryl methyl sites for hydroxylation is 4. The van der Waals surface area contributed by atoms with E-state index in [2.05, 4.69) is 69.7 Å². The summed E-state index contributed by atoms with van der Waals surface area (Å²) in [5.41, 5.74) is 16.4. The third-order valence-corrected chi connectivity index (χ3v) is 9.12. The topological polar surface area (TPSA) is 110 Å². The summed E-state index contributed by atoms with van der Waals surface area (Å²) in [4.78, 5) is 41.9. The van der Waals surface area contributed by atoms with Crippen molar-refractivity contribution in [3.63, 3.8) is 0 Å². The Bertz CT molecular complexity index is 1890. The fourth-order valence-corrected chi connectivity index (χ4v) is 6.41. The number of hydrogen-bond donors (Lipinski definition) is 2. The molecule has 0 radical (unpaired) electrons. The van der Waals surface area contributed by atoms with Crippen molar-refractivity contribution in [2.45, 2.75) is 80.1 Å². The van der Waals surface area contributed by atoms with Gasteiger partial charge in [-0.2, -0.15) is 0 Å². The Morgan fingerprint density at radius 2 is 1.07 bits per heavy atom. The number of nitrogens with zero attached hydrogens (tertiary/aromatic N) is 2. The van der Waals surface area contributed by atoms with Gasteiger partial charge in [0.25, 0.3) is 0 Å². The monoisotopic (exact) mass is 594 g/mol. The zero-order valence-corrected chi connectivity index (χ0v) is 27.1. The molecule has 0 saturated heterocycles. The summed E-state index contributed by atoms with van der Waals surface area (Å²) >= 11 is 0. The Hall–Kier alpha value is -4.46. The number of carbonyl (C=O) groups is 2. The summed E-state index contributed by atoms with van der Waals surface area (Å²) < 4.78 is 9.91. The number of aromatic amines is 2. The normalized spacial score (nSPS) is 13.1. The van der Waals surface area contributed by atoms with Crippen molar-refractivity contribution in [3.8, 4) is 0 Å². The Morgan fingerprint density at radius 1 is 0.614 bits per heavy atom. The number of carbonyl (C=O) groups excluding carboxylic acids is 2. The third kappa shape index (κ3) is 5.73. The summed E-state index contributed by atoms with van der Waals surface area (Å²) in [6.07, 6.45) is 3.30. The van der Waals surface area contributed by atoms with E-state index in [0.717, 1.165) is 85.5 Å². The van der Waals surface area contributed by atoms with E-state index < -0.39 is 0 Å². The highest BCUT2D eigenvalue weighted by Crippen LogP contribution is 2.37. The number of allylic oxidation sites excluding steroid dienone is 4. The van der Waals surface area contributed by atoms with E-state index in [0.29, 0.717) is 12.8 Å². The van der Waals surface area contributed by atoms with E-state index >= 15 is 0 Å². The molecule has 0 atom stereocenters. The average molecular weight is 595 g/mol. The fourth-order valence-electron chi connectivity index (χ4n) is 6.41. The van der Waals surface area contributed by atoms with Crippen molar-refractivity contribution >= 4 is 56.3 Å². The van der Waals surface area contributed by atoms with Gasteiger partial charge in [0.1, 0.15) is 0 Å². The number of H-pyrrole nitrogens is 2. The van der Waals surface area contributed by atoms with Crippen LogP contribution in [0.1, 0.15) is 98.4 Å². The van der Waals surface area contributed by atoms with Crippen LogP contribution >= 0.6 is 0 Å². The predicted molar refractivity (Wildman–Crippen MR) is 177 cm³/mol. The van der Waals surface area contributed by atoms with Gasteiger partial charge in [0.05, 0.1) is 37.0 Å². The zero-order chi connectivity index (χ0) is 31.7.